The summed E-state index contributed by atoms with van der Waals surface area (Å²) in [7, 11) is 1.64. The molecule has 0 fully saturated rings. The summed E-state index contributed by atoms with van der Waals surface area (Å²) in [5.74, 6) is 0. The second-order valence-electron chi connectivity index (χ2n) is 4.11. The molecular formula is C14H22N2O2S. The highest BCUT2D eigenvalue weighted by atomic mass is 32.2. The van der Waals surface area contributed by atoms with Crippen LogP contribution in [-0.4, -0.2) is 44.0 Å². The van der Waals surface area contributed by atoms with Gasteiger partial charge in [-0.1, -0.05) is 19.1 Å². The minimum atomic E-state index is -0.0691. The molecule has 4 nitrogen and oxygen atoms in total. The Kier molecular flexibility index (Phi) is 7.36. The molecule has 0 radical (unpaired) electrons. The zero-order valence-electron chi connectivity index (χ0n) is 11.8. The maximum absolute atomic E-state index is 12.2. The Labute approximate surface area is 119 Å². The molecule has 0 aliphatic rings. The van der Waals surface area contributed by atoms with E-state index >= 15 is 0 Å². The van der Waals surface area contributed by atoms with E-state index in [1.807, 2.05) is 30.5 Å². The van der Waals surface area contributed by atoms with E-state index in [1.165, 1.54) is 0 Å². The summed E-state index contributed by atoms with van der Waals surface area (Å²) in [6, 6.07) is 7.75. The first-order valence-electron chi connectivity index (χ1n) is 6.40. The van der Waals surface area contributed by atoms with Crippen molar-refractivity contribution < 1.29 is 9.53 Å². The van der Waals surface area contributed by atoms with Gasteiger partial charge in [0, 0.05) is 25.1 Å². The Balaban J connectivity index is 2.69. The number of benzene rings is 1. The molecule has 0 aliphatic heterocycles. The number of hydrogen-bond donors (Lipinski definition) is 1. The van der Waals surface area contributed by atoms with Crippen LogP contribution < -0.4 is 5.32 Å². The zero-order valence-corrected chi connectivity index (χ0v) is 12.6. The van der Waals surface area contributed by atoms with Crippen molar-refractivity contribution in [3.05, 3.63) is 24.3 Å². The number of ether oxygens (including phenoxy) is 1. The predicted molar refractivity (Wildman–Crippen MR) is 81.0 cm³/mol. The highest BCUT2D eigenvalue weighted by Gasteiger charge is 2.13. The van der Waals surface area contributed by atoms with Gasteiger partial charge in [-0.2, -0.15) is 0 Å². The fraction of sp³-hybridized carbons (Fsp3) is 0.500. The maximum atomic E-state index is 12.2. The molecular weight excluding hydrogens is 260 g/mol. The molecule has 1 aromatic carbocycles. The Morgan fingerprint density at radius 1 is 1.37 bits per heavy atom. The first kappa shape index (κ1) is 15.9. The molecule has 1 N–H and O–H groups in total. The quantitative estimate of drug-likeness (QED) is 0.780. The lowest BCUT2D eigenvalue weighted by Crippen LogP contribution is -2.37. The molecule has 0 saturated heterocycles. The molecule has 0 heterocycles. The smallest absolute Gasteiger partial charge is 0.321 e. The minimum Gasteiger partial charge on any atom is -0.383 e. The summed E-state index contributed by atoms with van der Waals surface area (Å²) >= 11 is 1.62. The summed E-state index contributed by atoms with van der Waals surface area (Å²) in [6.07, 6.45) is 2.93. The Morgan fingerprint density at radius 2 is 2.11 bits per heavy atom. The first-order valence-corrected chi connectivity index (χ1v) is 7.63. The molecule has 19 heavy (non-hydrogen) atoms. The van der Waals surface area contributed by atoms with Gasteiger partial charge in [-0.15, -0.1) is 11.8 Å². The van der Waals surface area contributed by atoms with E-state index in [0.29, 0.717) is 13.2 Å². The third-order valence-corrected chi connectivity index (χ3v) is 3.49. The summed E-state index contributed by atoms with van der Waals surface area (Å²) in [5, 5.41) is 2.97. The second-order valence-corrected chi connectivity index (χ2v) is 4.96. The number of hydrogen-bond acceptors (Lipinski definition) is 3. The van der Waals surface area contributed by atoms with Gasteiger partial charge in [0.25, 0.3) is 0 Å². The normalized spacial score (nSPS) is 10.3. The van der Waals surface area contributed by atoms with Gasteiger partial charge in [-0.05, 0) is 24.8 Å². The number of amides is 2. The van der Waals surface area contributed by atoms with E-state index in [1.54, 1.807) is 23.8 Å². The lowest BCUT2D eigenvalue weighted by Gasteiger charge is -2.22. The monoisotopic (exact) mass is 282 g/mol. The topological polar surface area (TPSA) is 41.6 Å². The maximum Gasteiger partial charge on any atom is 0.321 e. The second kappa shape index (κ2) is 8.82. The van der Waals surface area contributed by atoms with Crippen molar-refractivity contribution in [2.45, 2.75) is 18.2 Å². The number of methoxy groups -OCH3 is 1. The average Bonchev–Trinajstić information content (AvgIpc) is 2.44. The molecule has 0 spiro atoms. The standard InChI is InChI=1S/C14H22N2O2S/c1-4-9-16(10-11-18-2)14(17)15-12-7-5-6-8-13(12)19-3/h5-8H,4,9-11H2,1-3H3,(H,15,17). The molecule has 0 bridgehead atoms. The van der Waals surface area contributed by atoms with Crippen molar-refractivity contribution in [1.82, 2.24) is 4.90 Å². The van der Waals surface area contributed by atoms with Crippen LogP contribution >= 0.6 is 11.8 Å². The van der Waals surface area contributed by atoms with E-state index in [9.17, 15) is 4.79 Å². The van der Waals surface area contributed by atoms with Gasteiger partial charge in [0.1, 0.15) is 0 Å². The molecule has 0 unspecified atom stereocenters. The fourth-order valence-electron chi connectivity index (χ4n) is 1.73. The van der Waals surface area contributed by atoms with Gasteiger partial charge >= 0.3 is 6.03 Å². The molecule has 1 aromatic rings. The van der Waals surface area contributed by atoms with Gasteiger partial charge in [0.2, 0.25) is 0 Å². The number of nitrogens with one attached hydrogen (secondary N) is 1. The van der Waals surface area contributed by atoms with Crippen molar-refractivity contribution in [2.24, 2.45) is 0 Å². The van der Waals surface area contributed by atoms with Crippen LogP contribution in [0.2, 0.25) is 0 Å². The van der Waals surface area contributed by atoms with Crippen LogP contribution in [0.15, 0.2) is 29.2 Å². The third-order valence-electron chi connectivity index (χ3n) is 2.69. The molecule has 5 heteroatoms. The Morgan fingerprint density at radius 3 is 2.74 bits per heavy atom. The largest absolute Gasteiger partial charge is 0.383 e. The van der Waals surface area contributed by atoms with E-state index in [2.05, 4.69) is 12.2 Å². The number of rotatable bonds is 7. The molecule has 0 aromatic heterocycles. The predicted octanol–water partition coefficient (Wildman–Crippen LogP) is 3.30. The number of thioether (sulfide) groups is 1. The molecule has 1 rings (SSSR count). The summed E-state index contributed by atoms with van der Waals surface area (Å²) in [6.45, 7) is 3.95. The third kappa shape index (κ3) is 5.12. The van der Waals surface area contributed by atoms with Crippen LogP contribution in [0, 0.1) is 0 Å². The van der Waals surface area contributed by atoms with Crippen LogP contribution in [-0.2, 0) is 4.74 Å². The van der Waals surface area contributed by atoms with E-state index in [0.717, 1.165) is 23.5 Å². The lowest BCUT2D eigenvalue weighted by molar-refractivity contribution is 0.155. The Hall–Kier alpha value is -1.20. The van der Waals surface area contributed by atoms with Crippen molar-refractivity contribution >= 4 is 23.5 Å². The van der Waals surface area contributed by atoms with Crippen LogP contribution in [0.3, 0.4) is 0 Å². The number of carbonyl (C=O) groups excluding carboxylic acids is 1. The summed E-state index contributed by atoms with van der Waals surface area (Å²) in [4.78, 5) is 15.1. The van der Waals surface area contributed by atoms with E-state index in [-0.39, 0.29) is 6.03 Å². The van der Waals surface area contributed by atoms with Crippen LogP contribution in [0.25, 0.3) is 0 Å². The number of anilines is 1. The number of carbonyl (C=O) groups is 1. The number of nitrogens with zero attached hydrogens (tertiary/aromatic N) is 1. The molecule has 2 amide bonds. The van der Waals surface area contributed by atoms with Crippen LogP contribution in [0.5, 0.6) is 0 Å². The number of para-hydroxylation sites is 1. The van der Waals surface area contributed by atoms with E-state index in [4.69, 9.17) is 4.74 Å². The van der Waals surface area contributed by atoms with Crippen molar-refractivity contribution in [2.75, 3.05) is 38.4 Å². The van der Waals surface area contributed by atoms with Gasteiger partial charge in [-0.25, -0.2) is 4.79 Å². The van der Waals surface area contributed by atoms with Crippen LogP contribution in [0.4, 0.5) is 10.5 Å². The Bertz CT molecular complexity index is 399. The SMILES string of the molecule is CCCN(CCOC)C(=O)Nc1ccccc1SC. The summed E-state index contributed by atoms with van der Waals surface area (Å²) < 4.78 is 5.04. The summed E-state index contributed by atoms with van der Waals surface area (Å²) in [5.41, 5.74) is 0.860. The molecule has 0 aliphatic carbocycles. The highest BCUT2D eigenvalue weighted by Crippen LogP contribution is 2.24. The van der Waals surface area contributed by atoms with E-state index < -0.39 is 0 Å². The van der Waals surface area contributed by atoms with Crippen molar-refractivity contribution in [1.29, 1.82) is 0 Å². The van der Waals surface area contributed by atoms with Crippen LogP contribution in [0.1, 0.15) is 13.3 Å². The lowest BCUT2D eigenvalue weighted by atomic mass is 10.3. The van der Waals surface area contributed by atoms with Gasteiger partial charge < -0.3 is 15.0 Å². The van der Waals surface area contributed by atoms with Gasteiger partial charge in [-0.3, -0.25) is 0 Å². The first-order chi connectivity index (χ1) is 9.22. The van der Waals surface area contributed by atoms with Crippen molar-refractivity contribution in [3.8, 4) is 0 Å². The number of urea groups is 1. The zero-order chi connectivity index (χ0) is 14.1. The minimum absolute atomic E-state index is 0.0691. The average molecular weight is 282 g/mol. The highest BCUT2D eigenvalue weighted by molar-refractivity contribution is 7.98. The van der Waals surface area contributed by atoms with Gasteiger partial charge in [0.05, 0.1) is 12.3 Å². The van der Waals surface area contributed by atoms with Crippen molar-refractivity contribution in [3.63, 3.8) is 0 Å². The van der Waals surface area contributed by atoms with Gasteiger partial charge in [0.15, 0.2) is 0 Å². The molecule has 0 saturated carbocycles. The molecule has 106 valence electrons. The molecule has 0 atom stereocenters. The fourth-order valence-corrected chi connectivity index (χ4v) is 2.28.